The lowest BCUT2D eigenvalue weighted by Crippen LogP contribution is -2.33. The quantitative estimate of drug-likeness (QED) is 0.290. The fourth-order valence-corrected chi connectivity index (χ4v) is 5.96. The van der Waals surface area contributed by atoms with Crippen LogP contribution in [0.15, 0.2) is 36.8 Å². The Balaban J connectivity index is 1.43. The number of halogens is 6. The Bertz CT molecular complexity index is 1350. The van der Waals surface area contributed by atoms with E-state index in [0.717, 1.165) is 63.4 Å². The molecule has 2 fully saturated rings. The van der Waals surface area contributed by atoms with Gasteiger partial charge >= 0.3 is 12.4 Å². The van der Waals surface area contributed by atoms with Crippen LogP contribution in [-0.4, -0.2) is 37.7 Å². The van der Waals surface area contributed by atoms with Gasteiger partial charge in [0.1, 0.15) is 12.2 Å². The van der Waals surface area contributed by atoms with Crippen molar-refractivity contribution < 1.29 is 26.3 Å². The molecule has 0 spiro atoms. The van der Waals surface area contributed by atoms with E-state index in [1.807, 2.05) is 0 Å². The van der Waals surface area contributed by atoms with Gasteiger partial charge in [0.15, 0.2) is 0 Å². The number of alkyl halides is 6. The minimum atomic E-state index is -4.66. The van der Waals surface area contributed by atoms with E-state index in [0.29, 0.717) is 29.4 Å². The minimum Gasteiger partial charge on any atom is -0.379 e. The van der Waals surface area contributed by atoms with Gasteiger partial charge in [-0.15, -0.1) is 10.2 Å². The highest BCUT2D eigenvalue weighted by molar-refractivity contribution is 5.52. The number of benzene rings is 1. The van der Waals surface area contributed by atoms with Crippen LogP contribution in [-0.2, 0) is 32.5 Å². The van der Waals surface area contributed by atoms with Gasteiger partial charge in [-0.3, -0.25) is 9.88 Å². The standard InChI is InChI=1S/C29H34F6N6/c1-18-5-4-8-41(15-18)16-19-9-24(29(33,34)35)25(37-13-19)14-36-23-11-21(10-22(12-23)28(30,31)32)26(20-6-3-7-20)27-39-38-17-40(27)2/h9-13,17-18,20,26,36H,3-8,14-16H2,1-2H3/t18-,26?/m0/s1. The summed E-state index contributed by atoms with van der Waals surface area (Å²) in [5.74, 6) is 0.722. The lowest BCUT2D eigenvalue weighted by molar-refractivity contribution is -0.139. The fraction of sp³-hybridized carbons (Fsp3) is 0.552. The van der Waals surface area contributed by atoms with Gasteiger partial charge in [0.25, 0.3) is 0 Å². The summed E-state index contributed by atoms with van der Waals surface area (Å²) in [5.41, 5.74) is -1.09. The average molecular weight is 581 g/mol. The third-order valence-corrected chi connectivity index (χ3v) is 8.23. The maximum Gasteiger partial charge on any atom is 0.418 e. The third-order valence-electron chi connectivity index (χ3n) is 8.23. The molecule has 1 saturated heterocycles. The van der Waals surface area contributed by atoms with Gasteiger partial charge in [-0.05, 0) is 79.5 Å². The Hall–Kier alpha value is -3.15. The van der Waals surface area contributed by atoms with E-state index in [9.17, 15) is 26.3 Å². The molecular formula is C29H34F6N6. The summed E-state index contributed by atoms with van der Waals surface area (Å²) in [4.78, 5) is 6.25. The molecule has 3 aromatic rings. The first kappa shape index (κ1) is 29.3. The Kier molecular flexibility index (Phi) is 8.31. The van der Waals surface area contributed by atoms with Crippen molar-refractivity contribution >= 4 is 5.69 Å². The molecule has 1 aliphatic heterocycles. The first-order valence-electron chi connectivity index (χ1n) is 14.0. The SMILES string of the molecule is C[C@H]1CCCN(Cc2cnc(CNc3cc(C(c4nncn4C)C4CCC4)cc(C(F)(F)F)c3)c(C(F)(F)F)c2)C1. The van der Waals surface area contributed by atoms with Gasteiger partial charge in [-0.25, -0.2) is 0 Å². The topological polar surface area (TPSA) is 58.9 Å². The van der Waals surface area contributed by atoms with Crippen molar-refractivity contribution in [3.8, 4) is 0 Å². The number of likely N-dealkylation sites (tertiary alicyclic amines) is 1. The summed E-state index contributed by atoms with van der Waals surface area (Å²) in [5, 5.41) is 10.9. The molecular weight excluding hydrogens is 546 g/mol. The number of piperidine rings is 1. The molecule has 222 valence electrons. The predicted octanol–water partition coefficient (Wildman–Crippen LogP) is 7.02. The van der Waals surface area contributed by atoms with Crippen molar-refractivity contribution in [2.24, 2.45) is 18.9 Å². The van der Waals surface area contributed by atoms with Crippen LogP contribution in [0.1, 0.15) is 78.7 Å². The van der Waals surface area contributed by atoms with E-state index in [-0.39, 0.29) is 23.8 Å². The van der Waals surface area contributed by atoms with Crippen molar-refractivity contribution in [1.82, 2.24) is 24.6 Å². The summed E-state index contributed by atoms with van der Waals surface area (Å²) < 4.78 is 85.7. The summed E-state index contributed by atoms with van der Waals surface area (Å²) in [6.45, 7) is 3.76. The predicted molar refractivity (Wildman–Crippen MR) is 142 cm³/mol. The molecule has 41 heavy (non-hydrogen) atoms. The number of pyridine rings is 1. The highest BCUT2D eigenvalue weighted by Crippen LogP contribution is 2.44. The lowest BCUT2D eigenvalue weighted by atomic mass is 9.72. The minimum absolute atomic E-state index is 0.0719. The molecule has 2 aromatic heterocycles. The molecule has 6 nitrogen and oxygen atoms in total. The van der Waals surface area contributed by atoms with E-state index >= 15 is 0 Å². The molecule has 1 N–H and O–H groups in total. The fourth-order valence-electron chi connectivity index (χ4n) is 5.96. The van der Waals surface area contributed by atoms with Crippen molar-refractivity contribution in [2.45, 2.75) is 70.4 Å². The van der Waals surface area contributed by atoms with Crippen LogP contribution in [0.5, 0.6) is 0 Å². The van der Waals surface area contributed by atoms with Gasteiger partial charge < -0.3 is 9.88 Å². The van der Waals surface area contributed by atoms with E-state index in [2.05, 4.69) is 32.3 Å². The molecule has 1 aliphatic carbocycles. The van der Waals surface area contributed by atoms with Gasteiger partial charge in [0.05, 0.1) is 23.4 Å². The Labute approximate surface area is 235 Å². The summed E-state index contributed by atoms with van der Waals surface area (Å²) in [7, 11) is 1.74. The molecule has 2 aliphatic rings. The van der Waals surface area contributed by atoms with E-state index in [1.54, 1.807) is 17.7 Å². The van der Waals surface area contributed by atoms with Crippen LogP contribution in [0.3, 0.4) is 0 Å². The Morgan fingerprint density at radius 3 is 2.39 bits per heavy atom. The van der Waals surface area contributed by atoms with E-state index in [4.69, 9.17) is 0 Å². The number of hydrogen-bond acceptors (Lipinski definition) is 5. The van der Waals surface area contributed by atoms with Crippen LogP contribution in [0.25, 0.3) is 0 Å². The second-order valence-corrected chi connectivity index (χ2v) is 11.5. The number of rotatable bonds is 8. The highest BCUT2D eigenvalue weighted by Gasteiger charge is 2.37. The second kappa shape index (κ2) is 11.6. The third kappa shape index (κ3) is 6.85. The average Bonchev–Trinajstić information content (AvgIpc) is 3.29. The van der Waals surface area contributed by atoms with Crippen LogP contribution in [0.4, 0.5) is 32.0 Å². The first-order chi connectivity index (χ1) is 19.4. The van der Waals surface area contributed by atoms with Gasteiger partial charge in [-0.2, -0.15) is 26.3 Å². The molecule has 5 rings (SSSR count). The number of aryl methyl sites for hydroxylation is 1. The van der Waals surface area contributed by atoms with Gasteiger partial charge in [0, 0.05) is 37.9 Å². The second-order valence-electron chi connectivity index (χ2n) is 11.5. The van der Waals surface area contributed by atoms with Crippen LogP contribution < -0.4 is 5.32 Å². The Morgan fingerprint density at radius 1 is 1.00 bits per heavy atom. The maximum atomic E-state index is 14.1. The zero-order chi connectivity index (χ0) is 29.4. The maximum absolute atomic E-state index is 14.1. The number of anilines is 1. The van der Waals surface area contributed by atoms with Crippen molar-refractivity contribution in [1.29, 1.82) is 0 Å². The molecule has 1 saturated carbocycles. The first-order valence-corrected chi connectivity index (χ1v) is 14.0. The summed E-state index contributed by atoms with van der Waals surface area (Å²) in [6, 6.07) is 4.73. The molecule has 1 aromatic carbocycles. The van der Waals surface area contributed by atoms with Gasteiger partial charge in [-0.1, -0.05) is 13.3 Å². The molecule has 1 unspecified atom stereocenters. The number of aromatic nitrogens is 4. The zero-order valence-corrected chi connectivity index (χ0v) is 23.1. The summed E-state index contributed by atoms with van der Waals surface area (Å²) >= 11 is 0. The normalized spacial score (nSPS) is 19.7. The zero-order valence-electron chi connectivity index (χ0n) is 23.1. The molecule has 0 radical (unpaired) electrons. The Morgan fingerprint density at radius 2 is 1.78 bits per heavy atom. The van der Waals surface area contributed by atoms with Gasteiger partial charge in [0.2, 0.25) is 0 Å². The molecule has 0 amide bonds. The molecule has 0 bridgehead atoms. The van der Waals surface area contributed by atoms with E-state index < -0.39 is 29.4 Å². The van der Waals surface area contributed by atoms with Crippen molar-refractivity contribution in [3.63, 3.8) is 0 Å². The smallest absolute Gasteiger partial charge is 0.379 e. The monoisotopic (exact) mass is 580 g/mol. The van der Waals surface area contributed by atoms with E-state index in [1.165, 1.54) is 12.5 Å². The number of nitrogens with zero attached hydrogens (tertiary/aromatic N) is 5. The molecule has 2 atom stereocenters. The lowest BCUT2D eigenvalue weighted by Gasteiger charge is -2.34. The largest absolute Gasteiger partial charge is 0.418 e. The van der Waals surface area contributed by atoms with Crippen molar-refractivity contribution in [3.05, 3.63) is 70.6 Å². The van der Waals surface area contributed by atoms with Crippen LogP contribution >= 0.6 is 0 Å². The summed E-state index contributed by atoms with van der Waals surface area (Å²) in [6.07, 6.45) is -1.59. The van der Waals surface area contributed by atoms with Crippen LogP contribution in [0.2, 0.25) is 0 Å². The van der Waals surface area contributed by atoms with Crippen molar-refractivity contribution in [2.75, 3.05) is 18.4 Å². The highest BCUT2D eigenvalue weighted by atomic mass is 19.4. The number of hydrogen-bond donors (Lipinski definition) is 1. The van der Waals surface area contributed by atoms with Crippen LogP contribution in [0, 0.1) is 11.8 Å². The molecule has 12 heteroatoms. The molecule has 3 heterocycles. The number of nitrogens with one attached hydrogen (secondary N) is 1.